The third-order valence-electron chi connectivity index (χ3n) is 3.94. The molecule has 1 aromatic carbocycles. The van der Waals surface area contributed by atoms with E-state index in [-0.39, 0.29) is 19.7 Å². The second kappa shape index (κ2) is 8.65. The molecule has 2 amide bonds. The monoisotopic (exact) mass is 338 g/mol. The lowest BCUT2D eigenvalue weighted by molar-refractivity contribution is -0.137. The predicted octanol–water partition coefficient (Wildman–Crippen LogP) is 1.05. The summed E-state index contributed by atoms with van der Waals surface area (Å²) in [6, 6.07) is 8.69. The quantitative estimate of drug-likeness (QED) is 0.566. The summed E-state index contributed by atoms with van der Waals surface area (Å²) in [5.74, 6) is -0.633. The van der Waals surface area contributed by atoms with Crippen LogP contribution in [0.3, 0.4) is 0 Å². The fraction of sp³-hybridized carbons (Fsp3) is 0.529. The van der Waals surface area contributed by atoms with E-state index in [9.17, 15) is 24.9 Å². The van der Waals surface area contributed by atoms with Gasteiger partial charge in [-0.2, -0.15) is 0 Å². The molecule has 0 aliphatic heterocycles. The highest BCUT2D eigenvalue weighted by atomic mass is 16.4. The number of aliphatic hydroxyl groups is 2. The molecule has 0 aromatic heterocycles. The Morgan fingerprint density at radius 3 is 2.33 bits per heavy atom. The van der Waals surface area contributed by atoms with Crippen LogP contribution in [0.25, 0.3) is 0 Å². The van der Waals surface area contributed by atoms with Gasteiger partial charge < -0.3 is 20.6 Å². The van der Waals surface area contributed by atoms with Crippen molar-refractivity contribution in [2.24, 2.45) is 5.41 Å². The lowest BCUT2D eigenvalue weighted by atomic mass is 9.87. The van der Waals surface area contributed by atoms with Crippen LogP contribution in [-0.2, 0) is 11.3 Å². The van der Waals surface area contributed by atoms with Crippen LogP contribution in [0, 0.1) is 5.41 Å². The minimum atomic E-state index is -1.37. The minimum Gasteiger partial charge on any atom is -0.465 e. The fourth-order valence-electron chi connectivity index (χ4n) is 2.09. The third kappa shape index (κ3) is 5.50. The largest absolute Gasteiger partial charge is 0.465 e. The van der Waals surface area contributed by atoms with E-state index in [0.717, 1.165) is 5.56 Å². The highest BCUT2D eigenvalue weighted by Gasteiger charge is 2.33. The zero-order valence-corrected chi connectivity index (χ0v) is 14.3. The predicted molar refractivity (Wildman–Crippen MR) is 89.4 cm³/mol. The Labute approximate surface area is 141 Å². The normalized spacial score (nSPS) is 13.9. The van der Waals surface area contributed by atoms with Crippen LogP contribution < -0.4 is 5.32 Å². The third-order valence-corrected chi connectivity index (χ3v) is 3.94. The van der Waals surface area contributed by atoms with Crippen molar-refractivity contribution in [2.45, 2.75) is 39.5 Å². The maximum absolute atomic E-state index is 12.0. The minimum absolute atomic E-state index is 0.0660. The van der Waals surface area contributed by atoms with E-state index in [1.54, 1.807) is 20.8 Å². The fourth-order valence-corrected chi connectivity index (χ4v) is 2.09. The number of nitrogens with zero attached hydrogens (tertiary/aromatic N) is 1. The molecular formula is C17H26N2O5. The van der Waals surface area contributed by atoms with Gasteiger partial charge in [-0.25, -0.2) is 4.79 Å². The van der Waals surface area contributed by atoms with E-state index >= 15 is 0 Å². The first-order chi connectivity index (χ1) is 11.2. The van der Waals surface area contributed by atoms with Gasteiger partial charge in [0.05, 0.1) is 6.61 Å². The van der Waals surface area contributed by atoms with E-state index < -0.39 is 29.6 Å². The van der Waals surface area contributed by atoms with E-state index in [2.05, 4.69) is 5.32 Å². The second-order valence-electron chi connectivity index (χ2n) is 6.54. The number of carboxylic acid groups (broad SMARTS) is 1. The van der Waals surface area contributed by atoms with Crippen molar-refractivity contribution >= 4 is 12.0 Å². The second-order valence-corrected chi connectivity index (χ2v) is 6.54. The molecule has 24 heavy (non-hydrogen) atoms. The molecule has 0 aliphatic rings. The zero-order chi connectivity index (χ0) is 18.3. The number of amides is 2. The molecule has 7 heteroatoms. The SMILES string of the molecule is CC(CNC(=O)C(O)C(C)(C)CO)N(Cc1ccccc1)C(=O)O. The molecule has 0 bridgehead atoms. The molecule has 7 nitrogen and oxygen atoms in total. The molecule has 4 N–H and O–H groups in total. The Morgan fingerprint density at radius 1 is 1.25 bits per heavy atom. The Bertz CT molecular complexity index is 547. The molecule has 2 unspecified atom stereocenters. The highest BCUT2D eigenvalue weighted by Crippen LogP contribution is 2.19. The number of carbonyl (C=O) groups is 2. The summed E-state index contributed by atoms with van der Waals surface area (Å²) in [5.41, 5.74) is -0.122. The van der Waals surface area contributed by atoms with Crippen molar-refractivity contribution in [1.29, 1.82) is 0 Å². The van der Waals surface area contributed by atoms with Gasteiger partial charge in [0.15, 0.2) is 0 Å². The van der Waals surface area contributed by atoms with E-state index in [0.29, 0.717) is 0 Å². The summed E-state index contributed by atoms with van der Waals surface area (Å²) in [7, 11) is 0. The van der Waals surface area contributed by atoms with Crippen LogP contribution in [0.1, 0.15) is 26.3 Å². The Morgan fingerprint density at radius 2 is 1.83 bits per heavy atom. The first-order valence-corrected chi connectivity index (χ1v) is 7.79. The molecule has 0 saturated heterocycles. The summed E-state index contributed by atoms with van der Waals surface area (Å²) in [6.45, 7) is 4.75. The van der Waals surface area contributed by atoms with E-state index in [4.69, 9.17) is 0 Å². The number of aliphatic hydroxyl groups excluding tert-OH is 2. The van der Waals surface area contributed by atoms with Crippen molar-refractivity contribution in [3.63, 3.8) is 0 Å². The van der Waals surface area contributed by atoms with E-state index in [1.165, 1.54) is 4.90 Å². The van der Waals surface area contributed by atoms with Gasteiger partial charge in [0, 0.05) is 24.5 Å². The standard InChI is InChI=1S/C17H26N2O5/c1-12(9-18-15(22)14(21)17(2,3)11-20)19(16(23)24)10-13-7-5-4-6-8-13/h4-8,12,14,20-21H,9-11H2,1-3H3,(H,18,22)(H,23,24). The number of nitrogens with one attached hydrogen (secondary N) is 1. The van der Waals surface area contributed by atoms with Crippen molar-refractivity contribution in [3.8, 4) is 0 Å². The number of benzene rings is 1. The molecule has 0 aliphatic carbocycles. The number of hydrogen-bond donors (Lipinski definition) is 4. The molecule has 1 aromatic rings. The summed E-state index contributed by atoms with van der Waals surface area (Å²) in [6.07, 6.45) is -2.46. The van der Waals surface area contributed by atoms with Gasteiger partial charge in [-0.3, -0.25) is 9.69 Å². The van der Waals surface area contributed by atoms with Crippen molar-refractivity contribution < 1.29 is 24.9 Å². The average Bonchev–Trinajstić information content (AvgIpc) is 2.57. The molecule has 0 radical (unpaired) electrons. The molecule has 0 fully saturated rings. The van der Waals surface area contributed by atoms with Crippen LogP contribution in [0.15, 0.2) is 30.3 Å². The number of rotatable bonds is 8. The van der Waals surface area contributed by atoms with Gasteiger partial charge in [-0.05, 0) is 12.5 Å². The van der Waals surface area contributed by atoms with Crippen LogP contribution >= 0.6 is 0 Å². The van der Waals surface area contributed by atoms with Gasteiger partial charge in [0.1, 0.15) is 6.10 Å². The maximum Gasteiger partial charge on any atom is 0.407 e. The van der Waals surface area contributed by atoms with Crippen LogP contribution in [0.2, 0.25) is 0 Å². The summed E-state index contributed by atoms with van der Waals surface area (Å²) in [4.78, 5) is 24.6. The lowest BCUT2D eigenvalue weighted by Crippen LogP contribution is -2.50. The van der Waals surface area contributed by atoms with Crippen LogP contribution in [-0.4, -0.2) is 57.5 Å². The average molecular weight is 338 g/mol. The van der Waals surface area contributed by atoms with Crippen molar-refractivity contribution in [2.75, 3.05) is 13.2 Å². The Kier molecular flexibility index (Phi) is 7.18. The van der Waals surface area contributed by atoms with E-state index in [1.807, 2.05) is 30.3 Å². The molecule has 0 heterocycles. The Hall–Kier alpha value is -2.12. The number of hydrogen-bond acceptors (Lipinski definition) is 4. The van der Waals surface area contributed by atoms with Gasteiger partial charge in [-0.1, -0.05) is 44.2 Å². The molecule has 1 rings (SSSR count). The van der Waals surface area contributed by atoms with Crippen molar-refractivity contribution in [3.05, 3.63) is 35.9 Å². The highest BCUT2D eigenvalue weighted by molar-refractivity contribution is 5.81. The lowest BCUT2D eigenvalue weighted by Gasteiger charge is -2.30. The van der Waals surface area contributed by atoms with Crippen LogP contribution in [0.4, 0.5) is 4.79 Å². The summed E-state index contributed by atoms with van der Waals surface area (Å²) < 4.78 is 0. The summed E-state index contributed by atoms with van der Waals surface area (Å²) >= 11 is 0. The first-order valence-electron chi connectivity index (χ1n) is 7.79. The molecule has 0 saturated carbocycles. The zero-order valence-electron chi connectivity index (χ0n) is 14.3. The van der Waals surface area contributed by atoms with Gasteiger partial charge >= 0.3 is 6.09 Å². The first kappa shape index (κ1) is 19.9. The maximum atomic E-state index is 12.0. The molecule has 134 valence electrons. The molecule has 0 spiro atoms. The number of carbonyl (C=O) groups excluding carboxylic acids is 1. The van der Waals surface area contributed by atoms with Gasteiger partial charge in [-0.15, -0.1) is 0 Å². The van der Waals surface area contributed by atoms with Gasteiger partial charge in [0.2, 0.25) is 5.91 Å². The van der Waals surface area contributed by atoms with Crippen LogP contribution in [0.5, 0.6) is 0 Å². The topological polar surface area (TPSA) is 110 Å². The van der Waals surface area contributed by atoms with Crippen molar-refractivity contribution in [1.82, 2.24) is 10.2 Å². The molecular weight excluding hydrogens is 312 g/mol. The summed E-state index contributed by atoms with van der Waals surface area (Å²) in [5, 5.41) is 31.0. The molecule has 2 atom stereocenters. The van der Waals surface area contributed by atoms with Gasteiger partial charge in [0.25, 0.3) is 0 Å². The Balaban J connectivity index is 2.64. The smallest absolute Gasteiger partial charge is 0.407 e.